The molecule has 1 fully saturated rings. The Morgan fingerprint density at radius 3 is 2.72 bits per heavy atom. The smallest absolute Gasteiger partial charge is 0.243 e. The molecule has 2 aliphatic heterocycles. The molecule has 3 heterocycles. The van der Waals surface area contributed by atoms with E-state index in [-0.39, 0.29) is 10.1 Å². The molecule has 0 spiro atoms. The van der Waals surface area contributed by atoms with Crippen molar-refractivity contribution in [1.82, 2.24) is 4.31 Å². The summed E-state index contributed by atoms with van der Waals surface area (Å²) in [5.41, 5.74) is 0. The Kier molecular flexibility index (Phi) is 4.66. The van der Waals surface area contributed by atoms with Crippen molar-refractivity contribution in [3.05, 3.63) is 42.4 Å². The van der Waals surface area contributed by atoms with Gasteiger partial charge in [0.1, 0.15) is 19.0 Å². The Hall–Kier alpha value is -1.64. The van der Waals surface area contributed by atoms with Crippen LogP contribution in [0.2, 0.25) is 0 Å². The summed E-state index contributed by atoms with van der Waals surface area (Å²) in [6.07, 6.45) is 2.38. The predicted molar refractivity (Wildman–Crippen MR) is 94.7 cm³/mol. The van der Waals surface area contributed by atoms with Crippen molar-refractivity contribution in [3.63, 3.8) is 0 Å². The van der Waals surface area contributed by atoms with E-state index in [0.717, 1.165) is 17.9 Å². The first-order valence-electron chi connectivity index (χ1n) is 8.19. The predicted octanol–water partition coefficient (Wildman–Crippen LogP) is 2.92. The quantitative estimate of drug-likeness (QED) is 0.814. The van der Waals surface area contributed by atoms with E-state index >= 15 is 0 Å². The lowest BCUT2D eigenvalue weighted by Crippen LogP contribution is -2.33. The maximum absolute atomic E-state index is 13.0. The van der Waals surface area contributed by atoms with Gasteiger partial charge in [-0.2, -0.15) is 4.31 Å². The van der Waals surface area contributed by atoms with E-state index in [2.05, 4.69) is 0 Å². The zero-order valence-electron chi connectivity index (χ0n) is 13.6. The van der Waals surface area contributed by atoms with E-state index in [1.165, 1.54) is 0 Å². The maximum atomic E-state index is 13.0. The first kappa shape index (κ1) is 16.8. The fourth-order valence-electron chi connectivity index (χ4n) is 3.03. The van der Waals surface area contributed by atoms with Gasteiger partial charge in [0.15, 0.2) is 11.5 Å². The number of hydrogen-bond acceptors (Lipinski definition) is 6. The minimum absolute atomic E-state index is 0.190. The lowest BCUT2D eigenvalue weighted by molar-refractivity contribution is 0.171. The lowest BCUT2D eigenvalue weighted by Gasteiger charge is -2.22. The van der Waals surface area contributed by atoms with Crippen LogP contribution in [0, 0.1) is 0 Å². The molecule has 134 valence electrons. The average molecular weight is 381 g/mol. The molecular formula is C17H19NO5S2. The van der Waals surface area contributed by atoms with E-state index < -0.39 is 10.0 Å². The molecule has 0 N–H and O–H groups in total. The summed E-state index contributed by atoms with van der Waals surface area (Å²) < 4.78 is 44.0. The van der Waals surface area contributed by atoms with Gasteiger partial charge in [0, 0.05) is 24.9 Å². The van der Waals surface area contributed by atoms with Crippen LogP contribution in [0.5, 0.6) is 11.5 Å². The topological polar surface area (TPSA) is 69.0 Å². The van der Waals surface area contributed by atoms with Gasteiger partial charge < -0.3 is 13.9 Å². The molecule has 0 aliphatic carbocycles. The van der Waals surface area contributed by atoms with Gasteiger partial charge in [-0.3, -0.25) is 0 Å². The monoisotopic (exact) mass is 381 g/mol. The first-order chi connectivity index (χ1) is 12.1. The molecule has 2 aromatic rings. The van der Waals surface area contributed by atoms with Gasteiger partial charge >= 0.3 is 0 Å². The van der Waals surface area contributed by atoms with Crippen LogP contribution in [0.3, 0.4) is 0 Å². The number of fused-ring (bicyclic) bond motifs is 1. The van der Waals surface area contributed by atoms with Crippen molar-refractivity contribution in [3.8, 4) is 11.5 Å². The second-order valence-corrected chi connectivity index (χ2v) is 9.12. The van der Waals surface area contributed by atoms with Crippen molar-refractivity contribution in [2.24, 2.45) is 0 Å². The van der Waals surface area contributed by atoms with E-state index in [1.54, 1.807) is 40.5 Å². The normalized spacial score (nSPS) is 21.7. The van der Waals surface area contributed by atoms with Crippen LogP contribution in [-0.4, -0.2) is 44.8 Å². The fraction of sp³-hybridized carbons (Fsp3) is 0.412. The minimum atomic E-state index is -3.56. The molecule has 0 saturated carbocycles. The molecule has 1 saturated heterocycles. The van der Waals surface area contributed by atoms with Crippen LogP contribution in [0.4, 0.5) is 0 Å². The molecule has 8 heteroatoms. The summed E-state index contributed by atoms with van der Waals surface area (Å²) in [7, 11) is -3.56. The highest BCUT2D eigenvalue weighted by Crippen LogP contribution is 2.37. The van der Waals surface area contributed by atoms with Gasteiger partial charge in [-0.1, -0.05) is 0 Å². The number of sulfonamides is 1. The Balaban J connectivity index is 1.54. The summed E-state index contributed by atoms with van der Waals surface area (Å²) in [6.45, 7) is 1.87. The molecular weight excluding hydrogens is 362 g/mol. The van der Waals surface area contributed by atoms with Crippen molar-refractivity contribution >= 4 is 21.8 Å². The van der Waals surface area contributed by atoms with Gasteiger partial charge in [-0.15, -0.1) is 11.8 Å². The summed E-state index contributed by atoms with van der Waals surface area (Å²) >= 11 is 1.74. The van der Waals surface area contributed by atoms with Crippen LogP contribution in [0.25, 0.3) is 0 Å². The molecule has 0 bridgehead atoms. The first-order valence-corrected chi connectivity index (χ1v) is 10.7. The fourth-order valence-corrected chi connectivity index (χ4v) is 5.79. The SMILES string of the molecule is O=S(=O)(c1ccc2c(c1)OCCO2)N1CCS[C@@H](c2ccco2)CC1. The Labute approximate surface area is 151 Å². The largest absolute Gasteiger partial charge is 0.486 e. The zero-order valence-corrected chi connectivity index (χ0v) is 15.2. The second-order valence-electron chi connectivity index (χ2n) is 5.87. The molecule has 1 atom stereocenters. The molecule has 6 nitrogen and oxygen atoms in total. The highest BCUT2D eigenvalue weighted by atomic mass is 32.2. The van der Waals surface area contributed by atoms with Crippen LogP contribution >= 0.6 is 11.8 Å². The molecule has 0 amide bonds. The number of rotatable bonds is 3. The van der Waals surface area contributed by atoms with Crippen molar-refractivity contribution < 1.29 is 22.3 Å². The van der Waals surface area contributed by atoms with Crippen LogP contribution in [0.15, 0.2) is 45.9 Å². The number of thioether (sulfide) groups is 1. The number of ether oxygens (including phenoxy) is 2. The lowest BCUT2D eigenvalue weighted by atomic mass is 10.2. The van der Waals surface area contributed by atoms with Crippen molar-refractivity contribution in [2.75, 3.05) is 32.1 Å². The van der Waals surface area contributed by atoms with E-state index in [1.807, 2.05) is 12.1 Å². The molecule has 4 rings (SSSR count). The third kappa shape index (κ3) is 3.38. The Bertz CT molecular complexity index is 835. The van der Waals surface area contributed by atoms with Gasteiger partial charge in [-0.05, 0) is 30.7 Å². The maximum Gasteiger partial charge on any atom is 0.243 e. The summed E-state index contributed by atoms with van der Waals surface area (Å²) in [5.74, 6) is 2.72. The Morgan fingerprint density at radius 1 is 1.08 bits per heavy atom. The summed E-state index contributed by atoms with van der Waals surface area (Å²) in [5, 5.41) is 0.190. The van der Waals surface area contributed by atoms with Gasteiger partial charge in [-0.25, -0.2) is 8.42 Å². The third-order valence-electron chi connectivity index (χ3n) is 4.31. The average Bonchev–Trinajstić information content (AvgIpc) is 3.05. The van der Waals surface area contributed by atoms with E-state index in [9.17, 15) is 8.42 Å². The Morgan fingerprint density at radius 2 is 1.92 bits per heavy atom. The molecule has 1 aromatic carbocycles. The standard InChI is InChI=1S/C17H19NO5S2/c19-25(20,13-3-4-14-16(12-13)23-10-9-22-14)18-6-5-17(24-11-7-18)15-2-1-8-21-15/h1-4,8,12,17H,5-7,9-11H2/t17-/m1/s1. The van der Waals surface area contributed by atoms with Crippen molar-refractivity contribution in [2.45, 2.75) is 16.6 Å². The highest BCUT2D eigenvalue weighted by molar-refractivity contribution is 7.99. The second kappa shape index (κ2) is 6.93. The summed E-state index contributed by atoms with van der Waals surface area (Å²) in [4.78, 5) is 0.248. The van der Waals surface area contributed by atoms with Gasteiger partial charge in [0.05, 0.1) is 16.4 Å². The number of hydrogen-bond donors (Lipinski definition) is 0. The molecule has 25 heavy (non-hydrogen) atoms. The van der Waals surface area contributed by atoms with Crippen molar-refractivity contribution in [1.29, 1.82) is 0 Å². The molecule has 0 unspecified atom stereocenters. The van der Waals surface area contributed by atoms with Crippen LogP contribution < -0.4 is 9.47 Å². The molecule has 1 aromatic heterocycles. The number of furan rings is 1. The molecule has 2 aliphatic rings. The molecule has 0 radical (unpaired) electrons. The number of nitrogens with zero attached hydrogens (tertiary/aromatic N) is 1. The number of benzene rings is 1. The van der Waals surface area contributed by atoms with Crippen LogP contribution in [0.1, 0.15) is 17.4 Å². The van der Waals surface area contributed by atoms with E-state index in [4.69, 9.17) is 13.9 Å². The van der Waals surface area contributed by atoms with E-state index in [0.29, 0.717) is 37.8 Å². The minimum Gasteiger partial charge on any atom is -0.486 e. The van der Waals surface area contributed by atoms with Gasteiger partial charge in [0.25, 0.3) is 0 Å². The van der Waals surface area contributed by atoms with Crippen LogP contribution in [-0.2, 0) is 10.0 Å². The van der Waals surface area contributed by atoms with Gasteiger partial charge in [0.2, 0.25) is 10.0 Å². The third-order valence-corrected chi connectivity index (χ3v) is 7.50. The zero-order chi connectivity index (χ0) is 17.3. The summed E-state index contributed by atoms with van der Waals surface area (Å²) in [6, 6.07) is 8.63. The highest BCUT2D eigenvalue weighted by Gasteiger charge is 2.30.